The third-order valence-corrected chi connectivity index (χ3v) is 8.37. The Kier molecular flexibility index (Phi) is 12.9. The number of phenolic OH excluding ortho intramolecular Hbond substituents is 7. The highest BCUT2D eigenvalue weighted by Gasteiger charge is 2.46. The minimum atomic E-state index is -1.64. The number of hydrogen-bond acceptors (Lipinski definition) is 14. The summed E-state index contributed by atoms with van der Waals surface area (Å²) in [5.41, 5.74) is 2.10. The Balaban J connectivity index is 0.000000332. The monoisotopic (exact) mass is 764 g/mol. The quantitative estimate of drug-likeness (QED) is 0.0708. The van der Waals surface area contributed by atoms with Crippen molar-refractivity contribution in [3.8, 4) is 46.0 Å². The van der Waals surface area contributed by atoms with E-state index in [0.29, 0.717) is 34.2 Å². The summed E-state index contributed by atoms with van der Waals surface area (Å²) >= 11 is 0. The van der Waals surface area contributed by atoms with Crippen molar-refractivity contribution >= 4 is 23.9 Å². The fourth-order valence-corrected chi connectivity index (χ4v) is 5.87. The molecular formula is C39H40O16. The van der Waals surface area contributed by atoms with E-state index >= 15 is 0 Å². The van der Waals surface area contributed by atoms with Crippen LogP contribution in [0.4, 0.5) is 0 Å². The maximum atomic E-state index is 13.7. The van der Waals surface area contributed by atoms with Gasteiger partial charge in [0.15, 0.2) is 46.0 Å². The smallest absolute Gasteiger partial charge is 0.345 e. The molecule has 0 aromatic heterocycles. The van der Waals surface area contributed by atoms with Crippen LogP contribution in [0.3, 0.4) is 0 Å². The third-order valence-electron chi connectivity index (χ3n) is 8.37. The van der Waals surface area contributed by atoms with Crippen LogP contribution < -0.4 is 4.74 Å². The van der Waals surface area contributed by atoms with Crippen LogP contribution in [0.5, 0.6) is 46.0 Å². The molecule has 0 radical (unpaired) electrons. The van der Waals surface area contributed by atoms with Crippen molar-refractivity contribution in [2.24, 2.45) is 5.92 Å². The molecule has 9 N–H and O–H groups in total. The molecule has 4 unspecified atom stereocenters. The van der Waals surface area contributed by atoms with Gasteiger partial charge in [-0.3, -0.25) is 9.59 Å². The Morgan fingerprint density at radius 2 is 1.09 bits per heavy atom. The molecule has 4 aromatic rings. The molecule has 0 aliphatic carbocycles. The predicted molar refractivity (Wildman–Crippen MR) is 190 cm³/mol. The lowest BCUT2D eigenvalue weighted by Gasteiger charge is -2.22. The molecular weight excluding hydrogens is 724 g/mol. The average Bonchev–Trinajstić information content (AvgIpc) is 3.52. The number of carboxylic acid groups (broad SMARTS) is 2. The van der Waals surface area contributed by atoms with Gasteiger partial charge in [-0.1, -0.05) is 38.1 Å². The second-order valence-corrected chi connectivity index (χ2v) is 13.1. The number of aliphatic carboxylic acids is 2. The summed E-state index contributed by atoms with van der Waals surface area (Å²) in [5, 5.41) is 86.6. The van der Waals surface area contributed by atoms with Crippen LogP contribution in [-0.4, -0.2) is 82.0 Å². The molecule has 0 fully saturated rings. The van der Waals surface area contributed by atoms with E-state index in [-0.39, 0.29) is 53.3 Å². The van der Waals surface area contributed by atoms with Crippen LogP contribution in [-0.2, 0) is 47.9 Å². The molecule has 1 aliphatic heterocycles. The maximum absolute atomic E-state index is 13.7. The first-order valence-corrected chi connectivity index (χ1v) is 16.7. The molecule has 16 nitrogen and oxygen atoms in total. The lowest BCUT2D eigenvalue weighted by Crippen LogP contribution is -2.33. The van der Waals surface area contributed by atoms with Crippen LogP contribution in [0, 0.1) is 5.92 Å². The SMILES string of the molecule is CC(=O)OC(Cc1ccc(O)c(O)c1)C(=O)O.CC(C)Cc1ccc(O)c2c1C(C(=O)OC(Cc1ccc(O)c(O)c1)C(=O)O)C(c1ccc(O)c(O)c1)O2. The normalized spacial score (nSPS) is 15.4. The Morgan fingerprint density at radius 3 is 1.55 bits per heavy atom. The molecule has 0 spiro atoms. The molecule has 0 saturated carbocycles. The number of carbonyl (C=O) groups excluding carboxylic acids is 2. The lowest BCUT2D eigenvalue weighted by atomic mass is 9.85. The van der Waals surface area contributed by atoms with Crippen molar-refractivity contribution < 1.29 is 79.3 Å². The second-order valence-electron chi connectivity index (χ2n) is 13.1. The number of esters is 2. The maximum Gasteiger partial charge on any atom is 0.345 e. The lowest BCUT2D eigenvalue weighted by molar-refractivity contribution is -0.166. The zero-order valence-corrected chi connectivity index (χ0v) is 29.7. The molecule has 0 bridgehead atoms. The van der Waals surface area contributed by atoms with Gasteiger partial charge in [-0.05, 0) is 77.1 Å². The highest BCUT2D eigenvalue weighted by molar-refractivity contribution is 5.86. The van der Waals surface area contributed by atoms with Gasteiger partial charge in [0, 0.05) is 25.3 Å². The van der Waals surface area contributed by atoms with E-state index in [4.69, 9.17) is 19.7 Å². The number of carbonyl (C=O) groups is 4. The molecule has 5 rings (SSSR count). The van der Waals surface area contributed by atoms with E-state index in [2.05, 4.69) is 4.74 Å². The summed E-state index contributed by atoms with van der Waals surface area (Å²) in [6.45, 7) is 5.07. The highest BCUT2D eigenvalue weighted by Crippen LogP contribution is 2.53. The Morgan fingerprint density at radius 1 is 0.618 bits per heavy atom. The Labute approximate surface area is 313 Å². The zero-order chi connectivity index (χ0) is 40.7. The Hall–Kier alpha value is -6.84. The van der Waals surface area contributed by atoms with Crippen molar-refractivity contribution in [1.82, 2.24) is 0 Å². The number of ether oxygens (including phenoxy) is 3. The summed E-state index contributed by atoms with van der Waals surface area (Å²) in [4.78, 5) is 47.2. The van der Waals surface area contributed by atoms with Gasteiger partial charge >= 0.3 is 23.9 Å². The van der Waals surface area contributed by atoms with Gasteiger partial charge in [-0.25, -0.2) is 9.59 Å². The molecule has 0 amide bonds. The van der Waals surface area contributed by atoms with Crippen LogP contribution in [0.1, 0.15) is 60.6 Å². The fraction of sp³-hybridized carbons (Fsp3) is 0.282. The third kappa shape index (κ3) is 10.2. The first-order chi connectivity index (χ1) is 25.9. The standard InChI is InChI=1S/C28H28O10.C11H12O6/c1-13(2)9-15-4-8-19(31)26-23(15)24(25(38-26)16-5-7-18(30)21(33)12-16)28(36)37-22(27(34)35)11-14-3-6-17(29)20(32)10-14;1-6(12)17-10(11(15)16)5-7-2-3-8(13)9(14)4-7/h3-8,10,12-13,22,24-25,29-33H,9,11H2,1-2H3,(H,34,35);2-4,10,13-14H,5H2,1H3,(H,15,16). The van der Waals surface area contributed by atoms with Gasteiger partial charge in [0.1, 0.15) is 12.0 Å². The van der Waals surface area contributed by atoms with Gasteiger partial charge < -0.3 is 60.2 Å². The van der Waals surface area contributed by atoms with E-state index < -0.39 is 59.6 Å². The molecule has 55 heavy (non-hydrogen) atoms. The van der Waals surface area contributed by atoms with E-state index in [1.807, 2.05) is 13.8 Å². The minimum absolute atomic E-state index is 0.0537. The summed E-state index contributed by atoms with van der Waals surface area (Å²) in [6, 6.07) is 14.7. The molecule has 0 saturated heterocycles. The van der Waals surface area contributed by atoms with Crippen LogP contribution in [0.15, 0.2) is 66.7 Å². The first-order valence-electron chi connectivity index (χ1n) is 16.7. The highest BCUT2D eigenvalue weighted by atomic mass is 16.6. The topological polar surface area (TPSA) is 278 Å². The largest absolute Gasteiger partial charge is 0.504 e. The molecule has 292 valence electrons. The fourth-order valence-electron chi connectivity index (χ4n) is 5.87. The summed E-state index contributed by atoms with van der Waals surface area (Å²) in [7, 11) is 0. The number of hydrogen-bond donors (Lipinski definition) is 9. The van der Waals surface area contributed by atoms with E-state index in [0.717, 1.165) is 6.92 Å². The van der Waals surface area contributed by atoms with Crippen LogP contribution in [0.25, 0.3) is 0 Å². The number of phenols is 7. The molecule has 1 aliphatic rings. The van der Waals surface area contributed by atoms with Gasteiger partial charge in [-0.15, -0.1) is 0 Å². The molecule has 1 heterocycles. The number of aromatic hydroxyl groups is 7. The van der Waals surface area contributed by atoms with Crippen LogP contribution in [0.2, 0.25) is 0 Å². The number of fused-ring (bicyclic) bond motifs is 1. The van der Waals surface area contributed by atoms with Gasteiger partial charge in [0.2, 0.25) is 12.2 Å². The van der Waals surface area contributed by atoms with E-state index in [1.165, 1.54) is 60.7 Å². The minimum Gasteiger partial charge on any atom is -0.504 e. The van der Waals surface area contributed by atoms with Crippen molar-refractivity contribution in [3.05, 3.63) is 94.5 Å². The molecule has 16 heteroatoms. The molecule has 4 atom stereocenters. The van der Waals surface area contributed by atoms with E-state index in [1.54, 1.807) is 6.07 Å². The van der Waals surface area contributed by atoms with E-state index in [9.17, 15) is 54.9 Å². The summed E-state index contributed by atoms with van der Waals surface area (Å²) in [5.74, 6) is -7.83. The summed E-state index contributed by atoms with van der Waals surface area (Å²) in [6.07, 6.45) is -3.90. The van der Waals surface area contributed by atoms with Gasteiger partial charge in [0.05, 0.1) is 0 Å². The van der Waals surface area contributed by atoms with Crippen molar-refractivity contribution in [2.75, 3.05) is 0 Å². The number of rotatable bonds is 12. The number of benzene rings is 4. The van der Waals surface area contributed by atoms with Crippen molar-refractivity contribution in [1.29, 1.82) is 0 Å². The molecule has 4 aromatic carbocycles. The zero-order valence-electron chi connectivity index (χ0n) is 29.7. The number of carboxylic acids is 2. The summed E-state index contributed by atoms with van der Waals surface area (Å²) < 4.78 is 16.1. The van der Waals surface area contributed by atoms with Gasteiger partial charge in [-0.2, -0.15) is 0 Å². The van der Waals surface area contributed by atoms with Crippen molar-refractivity contribution in [3.63, 3.8) is 0 Å². The second kappa shape index (κ2) is 17.3. The average molecular weight is 765 g/mol. The Bertz CT molecular complexity index is 2070. The first kappa shape index (κ1) is 40.9. The van der Waals surface area contributed by atoms with Crippen LogP contribution >= 0.6 is 0 Å². The predicted octanol–water partition coefficient (Wildman–Crippen LogP) is 4.53. The van der Waals surface area contributed by atoms with Gasteiger partial charge in [0.25, 0.3) is 0 Å². The van der Waals surface area contributed by atoms with Crippen molar-refractivity contribution in [2.45, 2.75) is 64.3 Å².